The van der Waals surface area contributed by atoms with E-state index < -0.39 is 4.92 Å². The second-order valence-electron chi connectivity index (χ2n) is 4.33. The van der Waals surface area contributed by atoms with Crippen molar-refractivity contribution in [2.45, 2.75) is 6.42 Å². The number of non-ortho nitro benzene ring substituents is 1. The highest BCUT2D eigenvalue weighted by Crippen LogP contribution is 2.16. The first-order chi connectivity index (χ1) is 10.2. The number of nitro groups is 1. The maximum absolute atomic E-state index is 10.6. The number of rotatable bonds is 4. The standard InChI is InChI=1S/C14H10N4O3/c19-18(20)11-6-4-10(5-7-11)9-13-16-14(17-21-13)12-3-1-2-8-15-12/h1-8H,9H2. The number of nitro benzene ring substituents is 1. The van der Waals surface area contributed by atoms with Crippen molar-refractivity contribution in [2.24, 2.45) is 0 Å². The van der Waals surface area contributed by atoms with Crippen LogP contribution >= 0.6 is 0 Å². The van der Waals surface area contributed by atoms with Crippen molar-refractivity contribution in [3.05, 3.63) is 70.2 Å². The summed E-state index contributed by atoms with van der Waals surface area (Å²) in [5.41, 5.74) is 1.55. The van der Waals surface area contributed by atoms with Gasteiger partial charge in [0.2, 0.25) is 11.7 Å². The molecule has 0 saturated carbocycles. The van der Waals surface area contributed by atoms with E-state index >= 15 is 0 Å². The van der Waals surface area contributed by atoms with Gasteiger partial charge in [0.15, 0.2) is 0 Å². The minimum absolute atomic E-state index is 0.0541. The van der Waals surface area contributed by atoms with E-state index in [9.17, 15) is 10.1 Å². The first-order valence-electron chi connectivity index (χ1n) is 6.20. The molecule has 0 saturated heterocycles. The summed E-state index contributed by atoms with van der Waals surface area (Å²) in [5.74, 6) is 0.858. The van der Waals surface area contributed by atoms with Crippen LogP contribution in [0.15, 0.2) is 53.2 Å². The van der Waals surface area contributed by atoms with Crippen LogP contribution in [0.4, 0.5) is 5.69 Å². The molecule has 3 rings (SSSR count). The number of benzene rings is 1. The van der Waals surface area contributed by atoms with Gasteiger partial charge in [-0.15, -0.1) is 0 Å². The molecule has 0 fully saturated rings. The zero-order valence-electron chi connectivity index (χ0n) is 10.8. The van der Waals surface area contributed by atoms with E-state index in [0.717, 1.165) is 5.56 Å². The van der Waals surface area contributed by atoms with Gasteiger partial charge in [-0.1, -0.05) is 23.4 Å². The molecule has 0 atom stereocenters. The topological polar surface area (TPSA) is 95.0 Å². The molecule has 1 aromatic carbocycles. The van der Waals surface area contributed by atoms with E-state index in [0.29, 0.717) is 23.8 Å². The van der Waals surface area contributed by atoms with Crippen LogP contribution in [0.1, 0.15) is 11.5 Å². The number of pyridine rings is 1. The maximum Gasteiger partial charge on any atom is 0.269 e. The van der Waals surface area contributed by atoms with Crippen LogP contribution in [-0.2, 0) is 6.42 Å². The quantitative estimate of drug-likeness (QED) is 0.539. The van der Waals surface area contributed by atoms with Gasteiger partial charge < -0.3 is 4.52 Å². The van der Waals surface area contributed by atoms with Gasteiger partial charge in [-0.05, 0) is 17.7 Å². The largest absolute Gasteiger partial charge is 0.339 e. The summed E-state index contributed by atoms with van der Waals surface area (Å²) in [4.78, 5) is 18.6. The fourth-order valence-electron chi connectivity index (χ4n) is 1.84. The normalized spacial score (nSPS) is 10.5. The molecule has 0 aliphatic rings. The van der Waals surface area contributed by atoms with Crippen molar-refractivity contribution in [1.29, 1.82) is 0 Å². The molecule has 104 valence electrons. The number of hydrogen-bond acceptors (Lipinski definition) is 6. The van der Waals surface area contributed by atoms with Crippen molar-refractivity contribution < 1.29 is 9.45 Å². The van der Waals surface area contributed by atoms with Crippen LogP contribution in [0.25, 0.3) is 11.5 Å². The Morgan fingerprint density at radius 3 is 2.62 bits per heavy atom. The van der Waals surface area contributed by atoms with E-state index in [1.54, 1.807) is 30.5 Å². The van der Waals surface area contributed by atoms with Gasteiger partial charge in [0.1, 0.15) is 5.69 Å². The monoisotopic (exact) mass is 282 g/mol. The van der Waals surface area contributed by atoms with Crippen molar-refractivity contribution in [2.75, 3.05) is 0 Å². The number of hydrogen-bond donors (Lipinski definition) is 0. The van der Waals surface area contributed by atoms with Gasteiger partial charge >= 0.3 is 0 Å². The molecule has 0 radical (unpaired) electrons. The lowest BCUT2D eigenvalue weighted by molar-refractivity contribution is -0.384. The Kier molecular flexibility index (Phi) is 3.38. The molecular weight excluding hydrogens is 272 g/mol. The van der Waals surface area contributed by atoms with Crippen molar-refractivity contribution >= 4 is 5.69 Å². The van der Waals surface area contributed by atoms with Crippen LogP contribution in [0.2, 0.25) is 0 Å². The summed E-state index contributed by atoms with van der Waals surface area (Å²) in [7, 11) is 0. The third-order valence-corrected chi connectivity index (χ3v) is 2.86. The predicted molar refractivity (Wildman–Crippen MR) is 73.4 cm³/mol. The van der Waals surface area contributed by atoms with Gasteiger partial charge in [-0.2, -0.15) is 4.98 Å². The van der Waals surface area contributed by atoms with E-state index in [2.05, 4.69) is 15.1 Å². The fraction of sp³-hybridized carbons (Fsp3) is 0.0714. The van der Waals surface area contributed by atoms with Crippen molar-refractivity contribution in [1.82, 2.24) is 15.1 Å². The molecule has 0 N–H and O–H groups in total. The molecule has 0 aliphatic carbocycles. The van der Waals surface area contributed by atoms with Gasteiger partial charge in [0.05, 0.1) is 11.3 Å². The number of nitrogens with zero attached hydrogens (tertiary/aromatic N) is 4. The molecule has 0 amide bonds. The lowest BCUT2D eigenvalue weighted by Crippen LogP contribution is -1.91. The zero-order valence-corrected chi connectivity index (χ0v) is 10.8. The zero-order chi connectivity index (χ0) is 14.7. The first-order valence-corrected chi connectivity index (χ1v) is 6.20. The molecule has 7 nitrogen and oxygen atoms in total. The Labute approximate surface area is 119 Å². The SMILES string of the molecule is O=[N+]([O-])c1ccc(Cc2nc(-c3ccccn3)no2)cc1. The molecule has 2 heterocycles. The minimum atomic E-state index is -0.435. The van der Waals surface area contributed by atoms with Gasteiger partial charge in [0, 0.05) is 18.3 Å². The molecule has 3 aromatic rings. The Balaban J connectivity index is 1.77. The van der Waals surface area contributed by atoms with E-state index in [1.165, 1.54) is 12.1 Å². The molecule has 2 aromatic heterocycles. The van der Waals surface area contributed by atoms with Gasteiger partial charge in [-0.3, -0.25) is 15.1 Å². The van der Waals surface area contributed by atoms with Gasteiger partial charge in [0.25, 0.3) is 5.69 Å². The highest BCUT2D eigenvalue weighted by Gasteiger charge is 2.11. The summed E-state index contributed by atoms with van der Waals surface area (Å²) in [6, 6.07) is 11.7. The van der Waals surface area contributed by atoms with E-state index in [-0.39, 0.29) is 5.69 Å². The third kappa shape index (κ3) is 2.92. The first kappa shape index (κ1) is 12.9. The summed E-state index contributed by atoms with van der Waals surface area (Å²) in [6.07, 6.45) is 2.07. The van der Waals surface area contributed by atoms with Gasteiger partial charge in [-0.25, -0.2) is 0 Å². The van der Waals surface area contributed by atoms with Crippen LogP contribution in [0.5, 0.6) is 0 Å². The Morgan fingerprint density at radius 2 is 1.95 bits per heavy atom. The van der Waals surface area contributed by atoms with Crippen molar-refractivity contribution in [3.63, 3.8) is 0 Å². The average Bonchev–Trinajstić information content (AvgIpc) is 2.97. The van der Waals surface area contributed by atoms with E-state index in [4.69, 9.17) is 4.52 Å². The molecule has 0 bridgehead atoms. The Morgan fingerprint density at radius 1 is 1.14 bits per heavy atom. The van der Waals surface area contributed by atoms with Crippen LogP contribution < -0.4 is 0 Å². The lowest BCUT2D eigenvalue weighted by atomic mass is 10.1. The van der Waals surface area contributed by atoms with Crippen LogP contribution in [0.3, 0.4) is 0 Å². The summed E-state index contributed by atoms with van der Waals surface area (Å²) >= 11 is 0. The Bertz CT molecular complexity index is 753. The smallest absolute Gasteiger partial charge is 0.269 e. The lowest BCUT2D eigenvalue weighted by Gasteiger charge is -1.96. The summed E-state index contributed by atoms with van der Waals surface area (Å²) in [5, 5.41) is 14.5. The highest BCUT2D eigenvalue weighted by atomic mass is 16.6. The molecule has 0 aliphatic heterocycles. The van der Waals surface area contributed by atoms with Crippen LogP contribution in [-0.4, -0.2) is 20.0 Å². The van der Waals surface area contributed by atoms with Crippen molar-refractivity contribution in [3.8, 4) is 11.5 Å². The molecule has 7 heteroatoms. The summed E-state index contributed by atoms with van der Waals surface area (Å²) < 4.78 is 5.17. The molecular formula is C14H10N4O3. The predicted octanol–water partition coefficient (Wildman–Crippen LogP) is 2.63. The average molecular weight is 282 g/mol. The second kappa shape index (κ2) is 5.49. The Hall–Kier alpha value is -3.09. The molecule has 0 unspecified atom stereocenters. The molecule has 0 spiro atoms. The highest BCUT2D eigenvalue weighted by molar-refractivity contribution is 5.47. The second-order valence-corrected chi connectivity index (χ2v) is 4.33. The summed E-state index contributed by atoms with van der Waals surface area (Å²) in [6.45, 7) is 0. The fourth-order valence-corrected chi connectivity index (χ4v) is 1.84. The minimum Gasteiger partial charge on any atom is -0.339 e. The maximum atomic E-state index is 10.6. The van der Waals surface area contributed by atoms with E-state index in [1.807, 2.05) is 6.07 Å². The van der Waals surface area contributed by atoms with Crippen LogP contribution in [0, 0.1) is 10.1 Å². The molecule has 21 heavy (non-hydrogen) atoms. The third-order valence-electron chi connectivity index (χ3n) is 2.86. The number of aromatic nitrogens is 3.